The fraction of sp³-hybridized carbons (Fsp3) is 0.0714. The highest BCUT2D eigenvalue weighted by molar-refractivity contribution is 9.10. The monoisotopic (exact) mass is 373 g/mol. The maximum Gasteiger partial charge on any atom is 0.387 e. The van der Waals surface area contributed by atoms with Crippen LogP contribution in [0.2, 0.25) is 0 Å². The number of alkyl halides is 2. The van der Waals surface area contributed by atoms with Crippen molar-refractivity contribution in [1.29, 1.82) is 0 Å². The third kappa shape index (κ3) is 4.18. The van der Waals surface area contributed by atoms with Crippen LogP contribution in [0.3, 0.4) is 0 Å². The lowest BCUT2D eigenvalue weighted by atomic mass is 10.2. The van der Waals surface area contributed by atoms with E-state index in [4.69, 9.17) is 0 Å². The third-order valence-corrected chi connectivity index (χ3v) is 3.42. The van der Waals surface area contributed by atoms with E-state index in [2.05, 4.69) is 38.6 Å². The lowest BCUT2D eigenvalue weighted by Crippen LogP contribution is -2.14. The number of carbonyl (C=O) groups is 1. The normalized spacial score (nSPS) is 10.5. The zero-order chi connectivity index (χ0) is 15.4. The topological polar surface area (TPSA) is 38.3 Å². The summed E-state index contributed by atoms with van der Waals surface area (Å²) in [4.78, 5) is 12.6. The van der Waals surface area contributed by atoms with Gasteiger partial charge < -0.3 is 10.1 Å². The fourth-order valence-electron chi connectivity index (χ4n) is 1.66. The number of carbonyl (C=O) groups excluding carboxylic acids is 1. The second kappa shape index (κ2) is 6.91. The first-order chi connectivity index (χ1) is 9.97. The lowest BCUT2D eigenvalue weighted by Gasteiger charge is -2.12. The average molecular weight is 374 g/mol. The Morgan fingerprint density at radius 3 is 2.62 bits per heavy atom. The molecule has 0 heterocycles. The van der Waals surface area contributed by atoms with Crippen LogP contribution in [0.5, 0.6) is 5.75 Å². The van der Waals surface area contributed by atoms with Crippen molar-refractivity contribution in [2.45, 2.75) is 11.5 Å². The number of para-hydroxylation sites is 2. The smallest absolute Gasteiger partial charge is 0.387 e. The van der Waals surface area contributed by atoms with Crippen LogP contribution in [0.15, 0.2) is 51.8 Å². The Morgan fingerprint density at radius 1 is 1.24 bits per heavy atom. The van der Waals surface area contributed by atoms with Gasteiger partial charge in [-0.25, -0.2) is 0 Å². The van der Waals surface area contributed by atoms with E-state index in [1.54, 1.807) is 24.3 Å². The molecular weight excluding hydrogens is 364 g/mol. The van der Waals surface area contributed by atoms with Crippen LogP contribution in [-0.4, -0.2) is 12.5 Å². The molecule has 1 N–H and O–H groups in total. The van der Waals surface area contributed by atoms with Crippen molar-refractivity contribution >= 4 is 40.2 Å². The summed E-state index contributed by atoms with van der Waals surface area (Å²) in [6, 6.07) is 10.9. The molecule has 2 aromatic carbocycles. The van der Waals surface area contributed by atoms with E-state index >= 15 is 0 Å². The molecule has 0 unspecified atom stereocenters. The number of benzene rings is 2. The van der Waals surface area contributed by atoms with Gasteiger partial charge in [-0.3, -0.25) is 4.79 Å². The second-order valence-electron chi connectivity index (χ2n) is 3.99. The minimum absolute atomic E-state index is 0.0984. The molecule has 1 amide bonds. The molecule has 0 aliphatic rings. The van der Waals surface area contributed by atoms with Crippen molar-refractivity contribution in [3.63, 3.8) is 0 Å². The van der Waals surface area contributed by atoms with Gasteiger partial charge in [-0.05, 0) is 30.3 Å². The van der Waals surface area contributed by atoms with Gasteiger partial charge in [-0.1, -0.05) is 28.1 Å². The maximum atomic E-state index is 12.3. The Bertz CT molecular complexity index is 667. The number of thiol groups is 1. The van der Waals surface area contributed by atoms with Crippen LogP contribution in [0, 0.1) is 0 Å². The molecule has 2 aromatic rings. The van der Waals surface area contributed by atoms with Crippen molar-refractivity contribution in [2.24, 2.45) is 0 Å². The molecule has 0 fully saturated rings. The summed E-state index contributed by atoms with van der Waals surface area (Å²) in [6.45, 7) is -2.96. The molecule has 0 radical (unpaired) electrons. The van der Waals surface area contributed by atoms with E-state index < -0.39 is 12.5 Å². The molecule has 2 rings (SSSR count). The van der Waals surface area contributed by atoms with E-state index in [0.29, 0.717) is 10.5 Å². The average Bonchev–Trinajstić information content (AvgIpc) is 2.40. The van der Waals surface area contributed by atoms with Gasteiger partial charge in [0.1, 0.15) is 5.75 Å². The Kier molecular flexibility index (Phi) is 5.19. The van der Waals surface area contributed by atoms with E-state index in [-0.39, 0.29) is 11.4 Å². The van der Waals surface area contributed by atoms with Crippen LogP contribution in [0.4, 0.5) is 14.5 Å². The molecule has 0 saturated carbocycles. The van der Waals surface area contributed by atoms with Gasteiger partial charge in [0, 0.05) is 9.37 Å². The van der Waals surface area contributed by atoms with Crippen LogP contribution >= 0.6 is 28.6 Å². The Hall–Kier alpha value is -1.60. The number of rotatable bonds is 4. The highest BCUT2D eigenvalue weighted by atomic mass is 79.9. The molecule has 0 spiro atoms. The molecule has 21 heavy (non-hydrogen) atoms. The van der Waals surface area contributed by atoms with Crippen LogP contribution in [-0.2, 0) is 0 Å². The standard InChI is InChI=1S/C14H10BrF2NO2S/c15-8-5-6-9(12(21)7-8)13(19)18-10-3-1-2-4-11(10)20-14(16)17/h1-7,14,21H,(H,18,19). The molecule has 7 heteroatoms. The van der Waals surface area contributed by atoms with Gasteiger partial charge in [0.15, 0.2) is 0 Å². The first kappa shape index (κ1) is 15.8. The molecule has 0 aliphatic heterocycles. The zero-order valence-electron chi connectivity index (χ0n) is 10.5. The highest BCUT2D eigenvalue weighted by Gasteiger charge is 2.14. The Labute approximate surface area is 133 Å². The largest absolute Gasteiger partial charge is 0.433 e. The molecule has 3 nitrogen and oxygen atoms in total. The van der Waals surface area contributed by atoms with Crippen molar-refractivity contribution in [1.82, 2.24) is 0 Å². The molecular formula is C14H10BrF2NO2S. The van der Waals surface area contributed by atoms with E-state index in [1.165, 1.54) is 18.2 Å². The summed E-state index contributed by atoms with van der Waals surface area (Å²) in [5, 5.41) is 2.53. The fourth-order valence-corrected chi connectivity index (χ4v) is 2.51. The molecule has 110 valence electrons. The van der Waals surface area contributed by atoms with Crippen molar-refractivity contribution in [3.8, 4) is 5.75 Å². The van der Waals surface area contributed by atoms with E-state index in [1.807, 2.05) is 0 Å². The predicted octanol–water partition coefficient (Wildman–Crippen LogP) is 4.59. The van der Waals surface area contributed by atoms with E-state index in [9.17, 15) is 13.6 Å². The van der Waals surface area contributed by atoms with Crippen LogP contribution < -0.4 is 10.1 Å². The SMILES string of the molecule is O=C(Nc1ccccc1OC(F)F)c1ccc(Br)cc1S. The molecule has 0 saturated heterocycles. The quantitative estimate of drug-likeness (QED) is 0.769. The number of ether oxygens (including phenoxy) is 1. The summed E-state index contributed by atoms with van der Waals surface area (Å²) in [5.41, 5.74) is 0.492. The number of hydrogen-bond acceptors (Lipinski definition) is 3. The molecule has 0 aliphatic carbocycles. The summed E-state index contributed by atoms with van der Waals surface area (Å²) < 4.78 is 29.8. The number of anilines is 1. The number of amides is 1. The maximum absolute atomic E-state index is 12.3. The predicted molar refractivity (Wildman–Crippen MR) is 82.4 cm³/mol. The summed E-state index contributed by atoms with van der Waals surface area (Å²) in [7, 11) is 0. The minimum atomic E-state index is -2.96. The minimum Gasteiger partial charge on any atom is -0.433 e. The Morgan fingerprint density at radius 2 is 1.95 bits per heavy atom. The van der Waals surface area contributed by atoms with Crippen LogP contribution in [0.25, 0.3) is 0 Å². The zero-order valence-corrected chi connectivity index (χ0v) is 13.0. The summed E-state index contributed by atoms with van der Waals surface area (Å²) >= 11 is 7.48. The van der Waals surface area contributed by atoms with Crippen molar-refractivity contribution < 1.29 is 18.3 Å². The lowest BCUT2D eigenvalue weighted by molar-refractivity contribution is -0.0493. The van der Waals surface area contributed by atoms with E-state index in [0.717, 1.165) is 4.47 Å². The van der Waals surface area contributed by atoms with Crippen molar-refractivity contribution in [2.75, 3.05) is 5.32 Å². The molecule has 0 bridgehead atoms. The van der Waals surface area contributed by atoms with Gasteiger partial charge >= 0.3 is 6.61 Å². The first-order valence-corrected chi connectivity index (χ1v) is 7.05. The highest BCUT2D eigenvalue weighted by Crippen LogP contribution is 2.27. The first-order valence-electron chi connectivity index (χ1n) is 5.81. The number of halogens is 3. The van der Waals surface area contributed by atoms with Crippen molar-refractivity contribution in [3.05, 3.63) is 52.5 Å². The third-order valence-electron chi connectivity index (χ3n) is 2.56. The summed E-state index contributed by atoms with van der Waals surface area (Å²) in [6.07, 6.45) is 0. The molecule has 0 aromatic heterocycles. The van der Waals surface area contributed by atoms with Gasteiger partial charge in [-0.15, -0.1) is 12.6 Å². The molecule has 0 atom stereocenters. The summed E-state index contributed by atoms with van der Waals surface area (Å²) in [5.74, 6) is -0.559. The second-order valence-corrected chi connectivity index (χ2v) is 5.39. The van der Waals surface area contributed by atoms with Gasteiger partial charge in [-0.2, -0.15) is 8.78 Å². The Balaban J connectivity index is 2.23. The van der Waals surface area contributed by atoms with Gasteiger partial charge in [0.05, 0.1) is 11.3 Å². The van der Waals surface area contributed by atoms with Gasteiger partial charge in [0.2, 0.25) is 0 Å². The number of nitrogens with one attached hydrogen (secondary N) is 1. The number of hydrogen-bond donors (Lipinski definition) is 2. The van der Waals surface area contributed by atoms with Crippen LogP contribution in [0.1, 0.15) is 10.4 Å². The van der Waals surface area contributed by atoms with Gasteiger partial charge in [0.25, 0.3) is 5.91 Å².